The van der Waals surface area contributed by atoms with E-state index in [1.54, 1.807) is 5.57 Å². The van der Waals surface area contributed by atoms with Gasteiger partial charge in [0.1, 0.15) is 0 Å². The van der Waals surface area contributed by atoms with Gasteiger partial charge in [-0.1, -0.05) is 18.6 Å². The first-order valence-corrected chi connectivity index (χ1v) is 5.14. The topological polar surface area (TPSA) is 20.2 Å². The minimum absolute atomic E-state index is 0.0414. The molecule has 1 fully saturated rings. The molecule has 2 aliphatic carbocycles. The van der Waals surface area contributed by atoms with E-state index in [4.69, 9.17) is 0 Å². The first-order chi connectivity index (χ1) is 5.77. The van der Waals surface area contributed by atoms with Gasteiger partial charge in [0.2, 0.25) is 0 Å². The summed E-state index contributed by atoms with van der Waals surface area (Å²) in [4.78, 5) is 0. The zero-order valence-corrected chi connectivity index (χ0v) is 7.79. The molecule has 0 bridgehead atoms. The number of aliphatic hydroxyl groups is 1. The lowest BCUT2D eigenvalue weighted by atomic mass is 9.72. The van der Waals surface area contributed by atoms with Crippen LogP contribution in [-0.4, -0.2) is 11.2 Å². The standard InChI is InChI=1S/C11H18O/c1-8-6-9-4-2-3-5-10(9)11(12)7-8/h4,8,10-12H,2-3,5-7H2,1H3. The van der Waals surface area contributed by atoms with E-state index in [0.29, 0.717) is 11.8 Å². The number of aliphatic hydroxyl groups excluding tert-OH is 1. The Labute approximate surface area is 74.5 Å². The predicted octanol–water partition coefficient (Wildman–Crippen LogP) is 2.50. The maximum absolute atomic E-state index is 9.83. The van der Waals surface area contributed by atoms with Gasteiger partial charge < -0.3 is 5.11 Å². The lowest BCUT2D eigenvalue weighted by Crippen LogP contribution is -2.31. The SMILES string of the molecule is CC1CC2=CCCCC2C(O)C1. The average Bonchev–Trinajstić information content (AvgIpc) is 2.04. The molecule has 68 valence electrons. The second-order valence-electron chi connectivity index (χ2n) is 4.43. The Bertz CT molecular complexity index is 195. The first kappa shape index (κ1) is 8.31. The molecule has 3 unspecified atom stereocenters. The number of hydrogen-bond acceptors (Lipinski definition) is 1. The highest BCUT2D eigenvalue weighted by molar-refractivity contribution is 5.15. The van der Waals surface area contributed by atoms with Gasteiger partial charge in [0.05, 0.1) is 6.10 Å². The summed E-state index contributed by atoms with van der Waals surface area (Å²) in [6.45, 7) is 2.24. The van der Waals surface area contributed by atoms with E-state index in [-0.39, 0.29) is 6.10 Å². The second kappa shape index (κ2) is 3.21. The van der Waals surface area contributed by atoms with Gasteiger partial charge in [0, 0.05) is 5.92 Å². The van der Waals surface area contributed by atoms with Crippen molar-refractivity contribution in [1.82, 2.24) is 0 Å². The Morgan fingerprint density at radius 3 is 3.17 bits per heavy atom. The maximum Gasteiger partial charge on any atom is 0.0608 e. The minimum Gasteiger partial charge on any atom is -0.392 e. The zero-order valence-electron chi connectivity index (χ0n) is 7.79. The van der Waals surface area contributed by atoms with Crippen LogP contribution in [0.1, 0.15) is 39.0 Å². The van der Waals surface area contributed by atoms with Gasteiger partial charge in [0.25, 0.3) is 0 Å². The van der Waals surface area contributed by atoms with Crippen LogP contribution in [0, 0.1) is 11.8 Å². The number of hydrogen-bond donors (Lipinski definition) is 1. The van der Waals surface area contributed by atoms with E-state index >= 15 is 0 Å². The van der Waals surface area contributed by atoms with Crippen molar-refractivity contribution < 1.29 is 5.11 Å². The quantitative estimate of drug-likeness (QED) is 0.548. The summed E-state index contributed by atoms with van der Waals surface area (Å²) in [5.41, 5.74) is 1.55. The minimum atomic E-state index is -0.0414. The molecular formula is C11H18O. The molecule has 2 aliphatic rings. The Morgan fingerprint density at radius 1 is 1.50 bits per heavy atom. The van der Waals surface area contributed by atoms with E-state index in [2.05, 4.69) is 13.0 Å². The molecule has 0 aromatic heterocycles. The van der Waals surface area contributed by atoms with Crippen molar-refractivity contribution in [2.45, 2.75) is 45.1 Å². The summed E-state index contributed by atoms with van der Waals surface area (Å²) < 4.78 is 0. The van der Waals surface area contributed by atoms with Crippen LogP contribution in [0.5, 0.6) is 0 Å². The number of fused-ring (bicyclic) bond motifs is 1. The fraction of sp³-hybridized carbons (Fsp3) is 0.818. The normalized spacial score (nSPS) is 41.8. The molecule has 1 N–H and O–H groups in total. The summed E-state index contributed by atoms with van der Waals surface area (Å²) in [7, 11) is 0. The van der Waals surface area contributed by atoms with Gasteiger partial charge in [-0.2, -0.15) is 0 Å². The molecule has 0 aromatic rings. The van der Waals surface area contributed by atoms with Gasteiger partial charge in [-0.15, -0.1) is 0 Å². The van der Waals surface area contributed by atoms with Gasteiger partial charge in [-0.3, -0.25) is 0 Å². The van der Waals surface area contributed by atoms with Crippen molar-refractivity contribution in [3.05, 3.63) is 11.6 Å². The molecular weight excluding hydrogens is 148 g/mol. The third-order valence-corrected chi connectivity index (χ3v) is 3.29. The van der Waals surface area contributed by atoms with Crippen LogP contribution in [0.2, 0.25) is 0 Å². The van der Waals surface area contributed by atoms with Gasteiger partial charge in [-0.25, -0.2) is 0 Å². The Kier molecular flexibility index (Phi) is 2.22. The van der Waals surface area contributed by atoms with Crippen molar-refractivity contribution >= 4 is 0 Å². The Balaban J connectivity index is 2.14. The van der Waals surface area contributed by atoms with Gasteiger partial charge in [0.15, 0.2) is 0 Å². The summed E-state index contributed by atoms with van der Waals surface area (Å²) in [5, 5.41) is 9.83. The van der Waals surface area contributed by atoms with Crippen molar-refractivity contribution in [2.24, 2.45) is 11.8 Å². The molecule has 2 rings (SSSR count). The molecule has 0 spiro atoms. The number of allylic oxidation sites excluding steroid dienone is 1. The van der Waals surface area contributed by atoms with Crippen LogP contribution in [0.25, 0.3) is 0 Å². The third kappa shape index (κ3) is 1.42. The molecule has 12 heavy (non-hydrogen) atoms. The average molecular weight is 166 g/mol. The maximum atomic E-state index is 9.83. The highest BCUT2D eigenvalue weighted by Crippen LogP contribution is 2.39. The van der Waals surface area contributed by atoms with Crippen LogP contribution in [-0.2, 0) is 0 Å². The fourth-order valence-corrected chi connectivity index (χ4v) is 2.70. The largest absolute Gasteiger partial charge is 0.392 e. The van der Waals surface area contributed by atoms with Gasteiger partial charge >= 0.3 is 0 Å². The lowest BCUT2D eigenvalue weighted by Gasteiger charge is -2.36. The molecule has 0 heterocycles. The predicted molar refractivity (Wildman–Crippen MR) is 49.8 cm³/mol. The summed E-state index contributed by atoms with van der Waals surface area (Å²) in [5.74, 6) is 1.22. The highest BCUT2D eigenvalue weighted by Gasteiger charge is 2.31. The smallest absolute Gasteiger partial charge is 0.0608 e. The summed E-state index contributed by atoms with van der Waals surface area (Å²) in [6, 6.07) is 0. The monoisotopic (exact) mass is 166 g/mol. The molecule has 3 atom stereocenters. The summed E-state index contributed by atoms with van der Waals surface area (Å²) >= 11 is 0. The fourth-order valence-electron chi connectivity index (χ4n) is 2.70. The third-order valence-electron chi connectivity index (χ3n) is 3.29. The summed E-state index contributed by atoms with van der Waals surface area (Å²) in [6.07, 6.45) is 8.32. The van der Waals surface area contributed by atoms with E-state index in [1.807, 2.05) is 0 Å². The van der Waals surface area contributed by atoms with E-state index in [1.165, 1.54) is 25.7 Å². The molecule has 0 aromatic carbocycles. The molecule has 0 amide bonds. The van der Waals surface area contributed by atoms with Crippen LogP contribution in [0.15, 0.2) is 11.6 Å². The van der Waals surface area contributed by atoms with E-state index in [0.717, 1.165) is 6.42 Å². The molecule has 0 saturated heterocycles. The Morgan fingerprint density at radius 2 is 2.33 bits per heavy atom. The highest BCUT2D eigenvalue weighted by atomic mass is 16.3. The molecule has 1 nitrogen and oxygen atoms in total. The van der Waals surface area contributed by atoms with Crippen LogP contribution in [0.4, 0.5) is 0 Å². The Hall–Kier alpha value is -0.300. The van der Waals surface area contributed by atoms with Crippen LogP contribution < -0.4 is 0 Å². The lowest BCUT2D eigenvalue weighted by molar-refractivity contribution is 0.0709. The van der Waals surface area contributed by atoms with E-state index < -0.39 is 0 Å². The van der Waals surface area contributed by atoms with E-state index in [9.17, 15) is 5.11 Å². The van der Waals surface area contributed by atoms with Crippen LogP contribution >= 0.6 is 0 Å². The van der Waals surface area contributed by atoms with Crippen molar-refractivity contribution in [2.75, 3.05) is 0 Å². The molecule has 1 saturated carbocycles. The number of rotatable bonds is 0. The second-order valence-corrected chi connectivity index (χ2v) is 4.43. The molecule has 0 aliphatic heterocycles. The molecule has 0 radical (unpaired) electrons. The van der Waals surface area contributed by atoms with Crippen LogP contribution in [0.3, 0.4) is 0 Å². The molecule has 1 heteroatoms. The first-order valence-electron chi connectivity index (χ1n) is 5.14. The zero-order chi connectivity index (χ0) is 8.55. The van der Waals surface area contributed by atoms with Crippen molar-refractivity contribution in [1.29, 1.82) is 0 Å². The van der Waals surface area contributed by atoms with Crippen molar-refractivity contribution in [3.8, 4) is 0 Å². The van der Waals surface area contributed by atoms with Crippen molar-refractivity contribution in [3.63, 3.8) is 0 Å². The van der Waals surface area contributed by atoms with Gasteiger partial charge in [-0.05, 0) is 38.0 Å².